The molecule has 0 unspecified atom stereocenters. The lowest BCUT2D eigenvalue weighted by Gasteiger charge is -2.09. The zero-order valence-electron chi connectivity index (χ0n) is 17.5. The minimum atomic E-state index is -0.271. The number of anilines is 2. The van der Waals surface area contributed by atoms with Crippen LogP contribution in [0.25, 0.3) is 0 Å². The number of carbonyl (C=O) groups excluding carboxylic acids is 2. The molecule has 32 heavy (non-hydrogen) atoms. The summed E-state index contributed by atoms with van der Waals surface area (Å²) in [6, 6.07) is 20.5. The minimum Gasteiger partial charge on any atom is -0.490 e. The first-order chi connectivity index (χ1) is 15.6. The Labute approximate surface area is 187 Å². The van der Waals surface area contributed by atoms with Gasteiger partial charge in [-0.1, -0.05) is 25.3 Å². The maximum Gasteiger partial charge on any atom is 0.255 e. The molecule has 0 aliphatic rings. The third-order valence-corrected chi connectivity index (χ3v) is 4.37. The van der Waals surface area contributed by atoms with Crippen LogP contribution in [0.4, 0.5) is 11.4 Å². The summed E-state index contributed by atoms with van der Waals surface area (Å²) in [6.07, 6.45) is 3.33. The van der Waals surface area contributed by atoms with Crippen molar-refractivity contribution in [2.45, 2.75) is 0 Å². The summed E-state index contributed by atoms with van der Waals surface area (Å²) in [5, 5.41) is 5.63. The van der Waals surface area contributed by atoms with Crippen molar-refractivity contribution in [1.29, 1.82) is 0 Å². The largest absolute Gasteiger partial charge is 0.490 e. The molecule has 3 rings (SSSR count). The van der Waals surface area contributed by atoms with Crippen LogP contribution in [0.15, 0.2) is 98.1 Å². The first-order valence-electron chi connectivity index (χ1n) is 9.99. The van der Waals surface area contributed by atoms with E-state index in [4.69, 9.17) is 9.47 Å². The Hall–Kier alpha value is -4.32. The Bertz CT molecular complexity index is 984. The standard InChI is InChI=1S/C26H24N2O4/c1-3-17-31-23-13-9-21(10-14-23)27-25(29)19-5-7-20(8-6-19)26(30)28-22-11-15-24(16-12-22)32-18-4-2/h3-16H,1-2,17-18H2,(H,27,29)(H,28,30). The van der Waals surface area contributed by atoms with Crippen LogP contribution in [0.3, 0.4) is 0 Å². The molecular weight excluding hydrogens is 404 g/mol. The second kappa shape index (κ2) is 11.2. The molecule has 0 saturated heterocycles. The van der Waals surface area contributed by atoms with E-state index in [0.717, 1.165) is 0 Å². The van der Waals surface area contributed by atoms with Crippen molar-refractivity contribution in [2.75, 3.05) is 23.8 Å². The third kappa shape index (κ3) is 6.34. The number of ether oxygens (including phenoxy) is 2. The van der Waals surface area contributed by atoms with Crippen molar-refractivity contribution in [2.24, 2.45) is 0 Å². The average Bonchev–Trinajstić information content (AvgIpc) is 2.83. The SMILES string of the molecule is C=CCOc1ccc(NC(=O)c2ccc(C(=O)Nc3ccc(OCC=C)cc3)cc2)cc1. The fourth-order valence-corrected chi connectivity index (χ4v) is 2.76. The van der Waals surface area contributed by atoms with E-state index in [0.29, 0.717) is 47.2 Å². The summed E-state index contributed by atoms with van der Waals surface area (Å²) >= 11 is 0. The summed E-state index contributed by atoms with van der Waals surface area (Å²) in [6.45, 7) is 8.04. The zero-order chi connectivity index (χ0) is 22.8. The van der Waals surface area contributed by atoms with Crippen LogP contribution in [0.1, 0.15) is 20.7 Å². The highest BCUT2D eigenvalue weighted by Crippen LogP contribution is 2.18. The molecule has 162 valence electrons. The molecule has 0 aromatic heterocycles. The van der Waals surface area contributed by atoms with Gasteiger partial charge in [-0.15, -0.1) is 0 Å². The van der Waals surface area contributed by atoms with Gasteiger partial charge in [0.05, 0.1) is 0 Å². The predicted octanol–water partition coefficient (Wildman–Crippen LogP) is 5.32. The molecule has 3 aromatic rings. The normalized spacial score (nSPS) is 10.0. The van der Waals surface area contributed by atoms with Gasteiger partial charge in [-0.25, -0.2) is 0 Å². The molecule has 2 N–H and O–H groups in total. The molecule has 0 bridgehead atoms. The van der Waals surface area contributed by atoms with Crippen LogP contribution in [0, 0.1) is 0 Å². The van der Waals surface area contributed by atoms with E-state index in [9.17, 15) is 9.59 Å². The maximum absolute atomic E-state index is 12.5. The van der Waals surface area contributed by atoms with Crippen LogP contribution >= 0.6 is 0 Å². The Balaban J connectivity index is 1.56. The number of amides is 2. The predicted molar refractivity (Wildman–Crippen MR) is 127 cm³/mol. The second-order valence-corrected chi connectivity index (χ2v) is 6.73. The van der Waals surface area contributed by atoms with Crippen LogP contribution in [-0.4, -0.2) is 25.0 Å². The number of nitrogens with one attached hydrogen (secondary N) is 2. The van der Waals surface area contributed by atoms with E-state index in [1.165, 1.54) is 0 Å². The van der Waals surface area contributed by atoms with E-state index in [1.807, 2.05) is 0 Å². The van der Waals surface area contributed by atoms with Gasteiger partial charge in [0.1, 0.15) is 24.7 Å². The number of hydrogen-bond donors (Lipinski definition) is 2. The molecule has 6 nitrogen and oxygen atoms in total. The molecule has 3 aromatic carbocycles. The summed E-state index contributed by atoms with van der Waals surface area (Å²) in [5.74, 6) is 0.841. The monoisotopic (exact) mass is 428 g/mol. The molecule has 0 spiro atoms. The first-order valence-corrected chi connectivity index (χ1v) is 9.99. The van der Waals surface area contributed by atoms with Crippen LogP contribution in [0.2, 0.25) is 0 Å². The van der Waals surface area contributed by atoms with Gasteiger partial charge >= 0.3 is 0 Å². The van der Waals surface area contributed by atoms with Gasteiger partial charge in [0, 0.05) is 22.5 Å². The Morgan fingerprint density at radius 2 is 0.969 bits per heavy atom. The highest BCUT2D eigenvalue weighted by molar-refractivity contribution is 6.07. The summed E-state index contributed by atoms with van der Waals surface area (Å²) in [4.78, 5) is 25.0. The highest BCUT2D eigenvalue weighted by atomic mass is 16.5. The fraction of sp³-hybridized carbons (Fsp3) is 0.0769. The van der Waals surface area contributed by atoms with Crippen molar-refractivity contribution < 1.29 is 19.1 Å². The molecule has 0 heterocycles. The van der Waals surface area contributed by atoms with Gasteiger partial charge in [-0.05, 0) is 72.8 Å². The number of benzene rings is 3. The summed E-state index contributed by atoms with van der Waals surface area (Å²) in [5.41, 5.74) is 2.17. The van der Waals surface area contributed by atoms with Gasteiger partial charge in [-0.3, -0.25) is 9.59 Å². The average molecular weight is 428 g/mol. The molecule has 6 heteroatoms. The fourth-order valence-electron chi connectivity index (χ4n) is 2.76. The van der Waals surface area contributed by atoms with E-state index in [-0.39, 0.29) is 11.8 Å². The van der Waals surface area contributed by atoms with Gasteiger partial charge in [-0.2, -0.15) is 0 Å². The van der Waals surface area contributed by atoms with Crippen molar-refractivity contribution >= 4 is 23.2 Å². The molecule has 2 amide bonds. The number of rotatable bonds is 10. The number of carbonyl (C=O) groups is 2. The Morgan fingerprint density at radius 3 is 1.28 bits per heavy atom. The first kappa shape index (κ1) is 22.4. The molecular formula is C26H24N2O4. The smallest absolute Gasteiger partial charge is 0.255 e. The van der Waals surface area contributed by atoms with E-state index < -0.39 is 0 Å². The third-order valence-electron chi connectivity index (χ3n) is 4.37. The van der Waals surface area contributed by atoms with Crippen LogP contribution in [0.5, 0.6) is 11.5 Å². The van der Waals surface area contributed by atoms with Gasteiger partial charge in [0.2, 0.25) is 0 Å². The number of hydrogen-bond acceptors (Lipinski definition) is 4. The van der Waals surface area contributed by atoms with E-state index >= 15 is 0 Å². The Kier molecular flexibility index (Phi) is 7.81. The lowest BCUT2D eigenvalue weighted by atomic mass is 10.1. The minimum absolute atomic E-state index is 0.271. The van der Waals surface area contributed by atoms with Gasteiger partial charge in [0.25, 0.3) is 11.8 Å². The van der Waals surface area contributed by atoms with Crippen molar-refractivity contribution in [1.82, 2.24) is 0 Å². The quantitative estimate of drug-likeness (QED) is 0.429. The van der Waals surface area contributed by atoms with Gasteiger partial charge < -0.3 is 20.1 Å². The molecule has 0 aliphatic carbocycles. The zero-order valence-corrected chi connectivity index (χ0v) is 17.5. The second-order valence-electron chi connectivity index (χ2n) is 6.73. The topological polar surface area (TPSA) is 76.7 Å². The summed E-state index contributed by atoms with van der Waals surface area (Å²) in [7, 11) is 0. The summed E-state index contributed by atoms with van der Waals surface area (Å²) < 4.78 is 10.8. The van der Waals surface area contributed by atoms with Crippen molar-refractivity contribution in [3.05, 3.63) is 109 Å². The molecule has 0 atom stereocenters. The lowest BCUT2D eigenvalue weighted by Crippen LogP contribution is -2.14. The highest BCUT2D eigenvalue weighted by Gasteiger charge is 2.10. The maximum atomic E-state index is 12.5. The van der Waals surface area contributed by atoms with Crippen molar-refractivity contribution in [3.63, 3.8) is 0 Å². The van der Waals surface area contributed by atoms with E-state index in [1.54, 1.807) is 84.9 Å². The van der Waals surface area contributed by atoms with Gasteiger partial charge in [0.15, 0.2) is 0 Å². The Morgan fingerprint density at radius 1 is 0.625 bits per heavy atom. The van der Waals surface area contributed by atoms with Crippen LogP contribution in [-0.2, 0) is 0 Å². The molecule has 0 saturated carbocycles. The molecule has 0 fully saturated rings. The molecule has 0 radical (unpaired) electrons. The molecule has 0 aliphatic heterocycles. The van der Waals surface area contributed by atoms with E-state index in [2.05, 4.69) is 23.8 Å². The lowest BCUT2D eigenvalue weighted by molar-refractivity contribution is 0.101. The van der Waals surface area contributed by atoms with Crippen molar-refractivity contribution in [3.8, 4) is 11.5 Å². The van der Waals surface area contributed by atoms with Crippen LogP contribution < -0.4 is 20.1 Å².